The van der Waals surface area contributed by atoms with Crippen molar-refractivity contribution in [3.8, 4) is 102 Å². The summed E-state index contributed by atoms with van der Waals surface area (Å²) >= 11 is 0. The Morgan fingerprint density at radius 2 is 0.430 bits per heavy atom. The molecule has 20 nitrogen and oxygen atoms in total. The van der Waals surface area contributed by atoms with E-state index in [1.807, 2.05) is 218 Å². The molecule has 0 aliphatic rings. The van der Waals surface area contributed by atoms with Crippen LogP contribution in [-0.4, -0.2) is 110 Å². The van der Waals surface area contributed by atoms with Gasteiger partial charge in [-0.3, -0.25) is 4.98 Å². The number of nitrogens with zero attached hydrogens (tertiary/aromatic N) is 12. The van der Waals surface area contributed by atoms with Crippen LogP contribution in [0, 0.1) is 30.3 Å². The van der Waals surface area contributed by atoms with Gasteiger partial charge in [0.25, 0.3) is 0 Å². The van der Waals surface area contributed by atoms with Gasteiger partial charge in [-0.1, -0.05) is 130 Å². The van der Waals surface area contributed by atoms with Gasteiger partial charge in [0, 0.05) is 185 Å². The van der Waals surface area contributed by atoms with Crippen molar-refractivity contribution in [1.29, 1.82) is 0 Å². The summed E-state index contributed by atoms with van der Waals surface area (Å²) in [5, 5.41) is 88.9. The van der Waals surface area contributed by atoms with Gasteiger partial charge in [0.1, 0.15) is 34.5 Å². The summed E-state index contributed by atoms with van der Waals surface area (Å²) in [5.74, 6) is 1.69. The van der Waals surface area contributed by atoms with E-state index in [-0.39, 0.29) is 81.2 Å². The fourth-order valence-electron chi connectivity index (χ4n) is 17.4. The SMILES string of the molecule is CC(O)CC(C)O.Cn1c2c[c-]c(-c3ccccn3)cc2c2ccc(O)cc21.Cn1c2c[c-]c(-c3ccccn3)cc2c2ccc(O)cc21.Cn1c2c[c-]c(-c3ccccn3)cc2c2ccc(O)cc21.Cn1c2c[c-]c(-c3ccccn3)cc2c2ccc(O)cc21.Cn1c2c[c-]c(-c3ccccn3)cc2c2ccc(O)cc21.Cn1c2ccc(-c3ccccn3)cc2c2ccc(O)cc21.[Ir+3].[Ir]. The van der Waals surface area contributed by atoms with Crippen molar-refractivity contribution in [2.45, 2.75) is 32.5 Å². The molecular weight excluding hydrogens is 2040 g/mol. The Balaban J connectivity index is 0.000000116. The summed E-state index contributed by atoms with van der Waals surface area (Å²) in [5.41, 5.74) is 24.2. The predicted molar refractivity (Wildman–Crippen MR) is 534 cm³/mol. The number of pyridine rings is 6. The average Bonchev–Trinajstić information content (AvgIpc) is 1.64. The molecule has 0 spiro atoms. The zero-order valence-electron chi connectivity index (χ0n) is 74.7. The van der Waals surface area contributed by atoms with Crippen molar-refractivity contribution in [2.24, 2.45) is 42.3 Å². The number of aryl methyl sites for hydroxylation is 6. The Morgan fingerprint density at radius 1 is 0.230 bits per heavy atom. The number of fused-ring (bicyclic) bond motifs is 18. The molecule has 0 aliphatic heterocycles. The van der Waals surface area contributed by atoms with E-state index >= 15 is 0 Å². The number of aromatic hydroxyl groups is 6. The normalized spacial score (nSPS) is 11.5. The number of aliphatic hydroxyl groups is 2. The van der Waals surface area contributed by atoms with Crippen LogP contribution >= 0.6 is 0 Å². The van der Waals surface area contributed by atoms with E-state index in [9.17, 15) is 30.6 Å². The zero-order chi connectivity index (χ0) is 92.2. The molecule has 2 unspecified atom stereocenters. The Hall–Kier alpha value is -15.6. The second-order valence-electron chi connectivity index (χ2n) is 32.7. The Bertz CT molecular complexity index is 7140. The summed E-state index contributed by atoms with van der Waals surface area (Å²) in [6, 6.07) is 111. The van der Waals surface area contributed by atoms with Gasteiger partial charge in [0.15, 0.2) is 0 Å². The van der Waals surface area contributed by atoms with Crippen molar-refractivity contribution in [1.82, 2.24) is 57.3 Å². The first-order valence-corrected chi connectivity index (χ1v) is 43.3. The van der Waals surface area contributed by atoms with Gasteiger partial charge < -0.3 is 93.2 Å². The quantitative estimate of drug-likeness (QED) is 0.0658. The molecule has 0 saturated heterocycles. The van der Waals surface area contributed by atoms with Crippen LogP contribution in [0.2, 0.25) is 0 Å². The van der Waals surface area contributed by atoms with Gasteiger partial charge in [0.2, 0.25) is 0 Å². The molecule has 2 atom stereocenters. The van der Waals surface area contributed by atoms with Crippen molar-refractivity contribution < 1.29 is 81.1 Å². The van der Waals surface area contributed by atoms with E-state index in [0.29, 0.717) is 12.2 Å². The van der Waals surface area contributed by atoms with Gasteiger partial charge >= 0.3 is 20.1 Å². The summed E-state index contributed by atoms with van der Waals surface area (Å²) in [7, 11) is 12.0. The number of hydrogen-bond acceptors (Lipinski definition) is 14. The molecule has 671 valence electrons. The molecule has 135 heavy (non-hydrogen) atoms. The molecule has 24 rings (SSSR count). The van der Waals surface area contributed by atoms with Crippen molar-refractivity contribution >= 4 is 131 Å². The summed E-state index contributed by atoms with van der Waals surface area (Å²) in [4.78, 5) is 26.3. The van der Waals surface area contributed by atoms with Crippen LogP contribution in [0.4, 0.5) is 0 Å². The van der Waals surface area contributed by atoms with Gasteiger partial charge in [0.05, 0.1) is 23.4 Å². The van der Waals surface area contributed by atoms with Gasteiger partial charge in [-0.05, 0) is 200 Å². The molecule has 0 bridgehead atoms. The van der Waals surface area contributed by atoms with Crippen LogP contribution < -0.4 is 0 Å². The maximum absolute atomic E-state index is 9.69. The molecule has 0 fully saturated rings. The minimum absolute atomic E-state index is 0. The molecular formula is C113H91Ir2N12O8-2. The first-order valence-electron chi connectivity index (χ1n) is 43.3. The number of phenolic OH excluding ortho intramolecular Hbond substituents is 6. The van der Waals surface area contributed by atoms with Crippen LogP contribution in [-0.2, 0) is 82.5 Å². The van der Waals surface area contributed by atoms with E-state index in [1.165, 1.54) is 5.39 Å². The average molecular weight is 2130 g/mol. The molecule has 1 radical (unpaired) electrons. The molecule has 22 heteroatoms. The van der Waals surface area contributed by atoms with Gasteiger partial charge in [-0.25, -0.2) is 0 Å². The third kappa shape index (κ3) is 19.3. The zero-order valence-corrected chi connectivity index (χ0v) is 79.5. The second-order valence-corrected chi connectivity index (χ2v) is 32.7. The standard InChI is InChI=1S/C18H14N2O.5C18H13N2O.C5H12O2.2Ir/c6*1-20-17-8-5-12(16-4-2-3-9-19-16)10-15(17)14-7-6-13(21)11-18(14)20;1-4(6)3-5(2)7;;/h2-11,21H,1H3;5*2-4,6-11,21H,1H3;4-7H,3H2,1-2H3;;/q;5*-1;;;+3. The number of aliphatic hydroxyl groups excluding tert-OH is 2. The molecule has 12 aromatic carbocycles. The number of phenols is 6. The maximum atomic E-state index is 9.69. The second kappa shape index (κ2) is 40.2. The minimum atomic E-state index is -0.375. The Morgan fingerprint density at radius 3 is 0.622 bits per heavy atom. The number of benzene rings is 12. The topological polar surface area (TPSA) is 269 Å². The first-order chi connectivity index (χ1) is 64.5. The third-order valence-electron chi connectivity index (χ3n) is 24.0. The van der Waals surface area contributed by atoms with Gasteiger partial charge in [-0.2, -0.15) is 0 Å². The molecule has 0 saturated carbocycles. The van der Waals surface area contributed by atoms with E-state index in [4.69, 9.17) is 10.2 Å². The largest absolute Gasteiger partial charge is 3.00 e. The molecule has 8 N–H and O–H groups in total. The first kappa shape index (κ1) is 92.6. The van der Waals surface area contributed by atoms with Crippen LogP contribution in [0.1, 0.15) is 20.3 Å². The summed E-state index contributed by atoms with van der Waals surface area (Å²) in [6.45, 7) is 3.32. The van der Waals surface area contributed by atoms with E-state index in [0.717, 1.165) is 193 Å². The number of aromatic nitrogens is 12. The molecule has 12 aromatic heterocycles. The number of hydrogen-bond donors (Lipinski definition) is 8. The van der Waals surface area contributed by atoms with Crippen molar-refractivity contribution in [2.75, 3.05) is 0 Å². The van der Waals surface area contributed by atoms with E-state index in [2.05, 4.69) is 136 Å². The van der Waals surface area contributed by atoms with Crippen LogP contribution in [0.3, 0.4) is 0 Å². The van der Waals surface area contributed by atoms with Crippen molar-refractivity contribution in [3.05, 3.63) is 365 Å². The Labute approximate surface area is 804 Å². The smallest absolute Gasteiger partial charge is 0.508 e. The van der Waals surface area contributed by atoms with Crippen LogP contribution in [0.15, 0.2) is 334 Å². The fourth-order valence-corrected chi connectivity index (χ4v) is 17.4. The van der Waals surface area contributed by atoms with Crippen LogP contribution in [0.25, 0.3) is 198 Å². The number of rotatable bonds is 8. The monoisotopic (exact) mass is 2130 g/mol. The van der Waals surface area contributed by atoms with Gasteiger partial charge in [-0.15, -0.1) is 119 Å². The summed E-state index contributed by atoms with van der Waals surface area (Å²) in [6.07, 6.45) is 10.5. The maximum Gasteiger partial charge on any atom is 3.00 e. The predicted octanol–water partition coefficient (Wildman–Crippen LogP) is 23.7. The molecule has 0 amide bonds. The van der Waals surface area contributed by atoms with Crippen molar-refractivity contribution in [3.63, 3.8) is 0 Å². The minimum Gasteiger partial charge on any atom is -0.508 e. The van der Waals surface area contributed by atoms with Crippen LogP contribution in [0.5, 0.6) is 34.5 Å². The van der Waals surface area contributed by atoms with E-state index < -0.39 is 0 Å². The fraction of sp³-hybridized carbons (Fsp3) is 0.0973. The molecule has 12 heterocycles. The molecule has 0 aliphatic carbocycles. The third-order valence-corrected chi connectivity index (χ3v) is 24.0. The molecule has 24 aromatic rings. The summed E-state index contributed by atoms with van der Waals surface area (Å²) < 4.78 is 12.5. The van der Waals surface area contributed by atoms with E-state index in [1.54, 1.807) is 124 Å². The Kier molecular flexibility index (Phi) is 27.6.